The third-order valence-corrected chi connectivity index (χ3v) is 6.26. The van der Waals surface area contributed by atoms with Crippen LogP contribution in [0.25, 0.3) is 17.0 Å². The van der Waals surface area contributed by atoms with E-state index in [-0.39, 0.29) is 6.04 Å². The summed E-state index contributed by atoms with van der Waals surface area (Å²) in [5, 5.41) is 8.95. The van der Waals surface area contributed by atoms with Gasteiger partial charge in [-0.05, 0) is 73.2 Å². The fourth-order valence-corrected chi connectivity index (χ4v) is 4.49. The van der Waals surface area contributed by atoms with Crippen molar-refractivity contribution in [1.82, 2.24) is 15.5 Å². The number of hydrogen-bond acceptors (Lipinski definition) is 5. The summed E-state index contributed by atoms with van der Waals surface area (Å²) in [5.74, 6) is 1.67. The summed E-state index contributed by atoms with van der Waals surface area (Å²) in [6.07, 6.45) is 0. The van der Waals surface area contributed by atoms with Crippen LogP contribution in [0.15, 0.2) is 89.1 Å². The van der Waals surface area contributed by atoms with E-state index in [1.54, 1.807) is 7.11 Å². The molecule has 0 aliphatic carbocycles. The third kappa shape index (κ3) is 4.16. The van der Waals surface area contributed by atoms with Gasteiger partial charge < -0.3 is 14.6 Å². The van der Waals surface area contributed by atoms with Crippen LogP contribution in [0.1, 0.15) is 24.4 Å². The Morgan fingerprint density at radius 3 is 2.38 bits per heavy atom. The van der Waals surface area contributed by atoms with Crippen LogP contribution < -0.4 is 15.0 Å². The SMILES string of the molecule is COc1ccc(-c2noc(C3=C(C)N(c4ccccc4)C(=S)NC3c3ccc(Cl)cc3)n2)cc1. The molecule has 8 heteroatoms. The average molecular weight is 489 g/mol. The number of para-hydroxylation sites is 1. The van der Waals surface area contributed by atoms with Gasteiger partial charge in [0.25, 0.3) is 5.89 Å². The number of methoxy groups -OCH3 is 1. The Morgan fingerprint density at radius 2 is 1.71 bits per heavy atom. The van der Waals surface area contributed by atoms with Crippen molar-refractivity contribution in [2.24, 2.45) is 0 Å². The van der Waals surface area contributed by atoms with Crippen LogP contribution in [0.2, 0.25) is 5.02 Å². The minimum Gasteiger partial charge on any atom is -0.497 e. The normalized spacial score (nSPS) is 15.9. The zero-order chi connectivity index (χ0) is 23.7. The van der Waals surface area contributed by atoms with Crippen LogP contribution >= 0.6 is 23.8 Å². The predicted octanol–water partition coefficient (Wildman–Crippen LogP) is 6.27. The fraction of sp³-hybridized carbons (Fsp3) is 0.115. The van der Waals surface area contributed by atoms with Crippen LogP contribution in [0.3, 0.4) is 0 Å². The number of nitrogens with one attached hydrogen (secondary N) is 1. The standard InChI is InChI=1S/C26H21ClN4O2S/c1-16-22(25-29-24(30-33-25)18-10-14-21(32-2)15-11-18)23(17-8-12-19(27)13-9-17)28-26(34)31(16)20-6-4-3-5-7-20/h3-15,23H,1-2H3,(H,28,34). The molecule has 6 nitrogen and oxygen atoms in total. The van der Waals surface area contributed by atoms with E-state index in [0.717, 1.165) is 33.8 Å². The molecule has 4 aromatic rings. The smallest absolute Gasteiger partial charge is 0.258 e. The number of benzene rings is 3. The van der Waals surface area contributed by atoms with Gasteiger partial charge >= 0.3 is 0 Å². The maximum atomic E-state index is 6.14. The van der Waals surface area contributed by atoms with Crippen LogP contribution in [-0.4, -0.2) is 22.4 Å². The topological polar surface area (TPSA) is 63.4 Å². The molecule has 0 amide bonds. The quantitative estimate of drug-likeness (QED) is 0.332. The number of rotatable bonds is 5. The molecule has 0 saturated heterocycles. The molecule has 0 bridgehead atoms. The highest BCUT2D eigenvalue weighted by atomic mass is 35.5. The molecule has 1 aromatic heterocycles. The molecule has 0 fully saturated rings. The molecule has 5 rings (SSSR count). The van der Waals surface area contributed by atoms with Gasteiger partial charge in [-0.2, -0.15) is 4.98 Å². The van der Waals surface area contributed by atoms with E-state index in [0.29, 0.717) is 21.9 Å². The van der Waals surface area contributed by atoms with E-state index in [2.05, 4.69) is 10.5 Å². The highest BCUT2D eigenvalue weighted by Gasteiger charge is 2.34. The number of thiocarbonyl (C=S) groups is 1. The molecule has 0 radical (unpaired) electrons. The molecule has 170 valence electrons. The summed E-state index contributed by atoms with van der Waals surface area (Å²) in [7, 11) is 1.63. The van der Waals surface area contributed by atoms with Crippen LogP contribution in [0.5, 0.6) is 5.75 Å². The van der Waals surface area contributed by atoms with Gasteiger partial charge in [-0.1, -0.05) is 47.1 Å². The molecular formula is C26H21ClN4O2S. The molecule has 3 aromatic carbocycles. The first kappa shape index (κ1) is 22.1. The largest absolute Gasteiger partial charge is 0.497 e. The Hall–Kier alpha value is -3.68. The fourth-order valence-electron chi connectivity index (χ4n) is 4.00. The van der Waals surface area contributed by atoms with Crippen molar-refractivity contribution in [3.8, 4) is 17.1 Å². The van der Waals surface area contributed by atoms with E-state index in [4.69, 9.17) is 38.1 Å². The first-order valence-corrected chi connectivity index (χ1v) is 11.4. The molecule has 34 heavy (non-hydrogen) atoms. The number of nitrogens with zero attached hydrogens (tertiary/aromatic N) is 3. The van der Waals surface area contributed by atoms with Crippen LogP contribution in [0.4, 0.5) is 5.69 Å². The van der Waals surface area contributed by atoms with Crippen molar-refractivity contribution in [3.05, 3.63) is 101 Å². The van der Waals surface area contributed by atoms with Crippen LogP contribution in [0, 0.1) is 0 Å². The van der Waals surface area contributed by atoms with E-state index in [1.165, 1.54) is 0 Å². The van der Waals surface area contributed by atoms with Gasteiger partial charge in [0, 0.05) is 22.0 Å². The summed E-state index contributed by atoms with van der Waals surface area (Å²) < 4.78 is 11.0. The van der Waals surface area contributed by atoms with Gasteiger partial charge in [0.15, 0.2) is 5.11 Å². The van der Waals surface area contributed by atoms with Gasteiger partial charge in [0.1, 0.15) is 5.75 Å². The first-order valence-electron chi connectivity index (χ1n) is 10.7. The Morgan fingerprint density at radius 1 is 1.00 bits per heavy atom. The molecular weight excluding hydrogens is 468 g/mol. The maximum absolute atomic E-state index is 6.14. The molecule has 0 saturated carbocycles. The van der Waals surface area contributed by atoms with Crippen molar-refractivity contribution in [3.63, 3.8) is 0 Å². The van der Waals surface area contributed by atoms with Crippen molar-refractivity contribution in [2.75, 3.05) is 12.0 Å². The molecule has 1 N–H and O–H groups in total. The number of aromatic nitrogens is 2. The zero-order valence-corrected chi connectivity index (χ0v) is 20.1. The van der Waals surface area contributed by atoms with Gasteiger partial charge in [-0.15, -0.1) is 0 Å². The molecule has 1 aliphatic heterocycles. The minimum atomic E-state index is -0.283. The van der Waals surface area contributed by atoms with Crippen molar-refractivity contribution >= 4 is 40.2 Å². The lowest BCUT2D eigenvalue weighted by Gasteiger charge is -2.37. The van der Waals surface area contributed by atoms with Gasteiger partial charge in [-0.25, -0.2) is 0 Å². The Labute approximate surface area is 207 Å². The molecule has 1 aliphatic rings. The van der Waals surface area contributed by atoms with Gasteiger partial charge in [0.05, 0.1) is 18.7 Å². The number of halogens is 1. The highest BCUT2D eigenvalue weighted by molar-refractivity contribution is 7.80. The summed E-state index contributed by atoms with van der Waals surface area (Å²) in [5.41, 5.74) is 4.50. The molecule has 2 heterocycles. The molecule has 0 spiro atoms. The van der Waals surface area contributed by atoms with E-state index >= 15 is 0 Å². The van der Waals surface area contributed by atoms with Crippen molar-refractivity contribution in [2.45, 2.75) is 13.0 Å². The van der Waals surface area contributed by atoms with E-state index in [9.17, 15) is 0 Å². The Bertz CT molecular complexity index is 1350. The second-order valence-corrected chi connectivity index (χ2v) is 8.58. The first-order chi connectivity index (χ1) is 16.5. The minimum absolute atomic E-state index is 0.283. The monoisotopic (exact) mass is 488 g/mol. The third-order valence-electron chi connectivity index (χ3n) is 5.71. The summed E-state index contributed by atoms with van der Waals surface area (Å²) >= 11 is 11.9. The van der Waals surface area contributed by atoms with E-state index < -0.39 is 0 Å². The predicted molar refractivity (Wildman–Crippen MR) is 138 cm³/mol. The van der Waals surface area contributed by atoms with Crippen molar-refractivity contribution in [1.29, 1.82) is 0 Å². The van der Waals surface area contributed by atoms with Gasteiger partial charge in [0.2, 0.25) is 5.82 Å². The second-order valence-electron chi connectivity index (χ2n) is 7.76. The van der Waals surface area contributed by atoms with Crippen molar-refractivity contribution < 1.29 is 9.26 Å². The number of ether oxygens (including phenoxy) is 1. The Kier molecular flexibility index (Phi) is 6.04. The lowest BCUT2D eigenvalue weighted by Crippen LogP contribution is -2.46. The maximum Gasteiger partial charge on any atom is 0.258 e. The van der Waals surface area contributed by atoms with E-state index in [1.807, 2.05) is 90.7 Å². The lowest BCUT2D eigenvalue weighted by atomic mass is 9.94. The molecule has 1 atom stereocenters. The summed E-state index contributed by atoms with van der Waals surface area (Å²) in [4.78, 5) is 6.72. The summed E-state index contributed by atoms with van der Waals surface area (Å²) in [6, 6.07) is 24.8. The molecule has 1 unspecified atom stereocenters. The second kappa shape index (κ2) is 9.29. The number of anilines is 1. The zero-order valence-electron chi connectivity index (χ0n) is 18.5. The summed E-state index contributed by atoms with van der Waals surface area (Å²) in [6.45, 7) is 2.01. The Balaban J connectivity index is 1.62. The average Bonchev–Trinajstić information content (AvgIpc) is 3.34. The highest BCUT2D eigenvalue weighted by Crippen LogP contribution is 2.39. The van der Waals surface area contributed by atoms with Gasteiger partial charge in [-0.3, -0.25) is 4.90 Å². The van der Waals surface area contributed by atoms with Crippen LogP contribution in [-0.2, 0) is 0 Å². The number of allylic oxidation sites excluding steroid dienone is 1. The number of hydrogen-bond donors (Lipinski definition) is 1. The lowest BCUT2D eigenvalue weighted by molar-refractivity contribution is 0.404.